The van der Waals surface area contributed by atoms with Gasteiger partial charge in [0.05, 0.1) is 18.4 Å². The van der Waals surface area contributed by atoms with Crippen molar-refractivity contribution >= 4 is 5.91 Å². The predicted molar refractivity (Wildman–Crippen MR) is 98.3 cm³/mol. The molecule has 0 saturated heterocycles. The van der Waals surface area contributed by atoms with E-state index in [1.165, 1.54) is 6.20 Å². The monoisotopic (exact) mass is 357 g/mol. The Balaban J connectivity index is 1.97. The van der Waals surface area contributed by atoms with Gasteiger partial charge in [-0.05, 0) is 30.7 Å². The van der Waals surface area contributed by atoms with Crippen LogP contribution in [-0.2, 0) is 11.3 Å². The summed E-state index contributed by atoms with van der Waals surface area (Å²) in [5, 5.41) is 3.28. The number of nitrogens with zero attached hydrogens (tertiary/aromatic N) is 1. The molecule has 0 saturated carbocycles. The Morgan fingerprint density at radius 3 is 2.69 bits per heavy atom. The molecule has 0 atom stereocenters. The van der Waals surface area contributed by atoms with Gasteiger partial charge in [-0.15, -0.1) is 0 Å². The lowest BCUT2D eigenvalue weighted by Gasteiger charge is -2.12. The third kappa shape index (κ3) is 5.78. The predicted octanol–water partition coefficient (Wildman–Crippen LogP) is 2.62. The van der Waals surface area contributed by atoms with Gasteiger partial charge in [-0.2, -0.15) is 0 Å². The van der Waals surface area contributed by atoms with Crippen LogP contribution in [0.3, 0.4) is 0 Å². The fourth-order valence-electron chi connectivity index (χ4n) is 2.14. The van der Waals surface area contributed by atoms with Crippen LogP contribution in [0.25, 0.3) is 0 Å². The second kappa shape index (κ2) is 9.43. The number of methoxy groups -OCH3 is 1. The van der Waals surface area contributed by atoms with Crippen LogP contribution in [0.1, 0.15) is 22.8 Å². The van der Waals surface area contributed by atoms with E-state index < -0.39 is 5.91 Å². The van der Waals surface area contributed by atoms with Crippen LogP contribution in [0.4, 0.5) is 0 Å². The molecule has 0 aliphatic rings. The van der Waals surface area contributed by atoms with Crippen LogP contribution in [0.15, 0.2) is 48.9 Å². The van der Waals surface area contributed by atoms with Crippen LogP contribution < -0.4 is 20.5 Å². The number of carbonyl (C=O) groups excluding carboxylic acids is 1. The van der Waals surface area contributed by atoms with Crippen molar-refractivity contribution in [3.63, 3.8) is 0 Å². The van der Waals surface area contributed by atoms with Crippen LogP contribution in [0, 0.1) is 0 Å². The number of rotatable bonds is 10. The molecule has 0 radical (unpaired) electrons. The average Bonchev–Trinajstić information content (AvgIpc) is 2.62. The lowest BCUT2D eigenvalue weighted by Crippen LogP contribution is -2.18. The number of hydrogen-bond acceptors (Lipinski definition) is 6. The van der Waals surface area contributed by atoms with Gasteiger partial charge in [0.25, 0.3) is 0 Å². The molecule has 1 aromatic heterocycles. The molecule has 0 aliphatic carbocycles. The Morgan fingerprint density at radius 1 is 1.27 bits per heavy atom. The molecule has 0 bridgehead atoms. The zero-order valence-corrected chi connectivity index (χ0v) is 15.0. The molecule has 0 aliphatic heterocycles. The van der Waals surface area contributed by atoms with Crippen LogP contribution in [0.2, 0.25) is 0 Å². The average molecular weight is 357 g/mol. The topological polar surface area (TPSA) is 95.7 Å². The Labute approximate surface area is 152 Å². The molecule has 26 heavy (non-hydrogen) atoms. The molecule has 7 nitrogen and oxygen atoms in total. The first-order valence-electron chi connectivity index (χ1n) is 8.09. The minimum Gasteiger partial charge on any atom is -0.498 e. The number of allylic oxidation sites excluding steroid dienone is 1. The van der Waals surface area contributed by atoms with Gasteiger partial charge in [-0.3, -0.25) is 4.79 Å². The maximum absolute atomic E-state index is 11.1. The number of carbonyl (C=O) groups is 1. The molecule has 138 valence electrons. The fourth-order valence-corrected chi connectivity index (χ4v) is 2.14. The zero-order chi connectivity index (χ0) is 18.9. The molecule has 0 unspecified atom stereocenters. The van der Waals surface area contributed by atoms with Crippen molar-refractivity contribution < 1.29 is 19.0 Å². The van der Waals surface area contributed by atoms with Gasteiger partial charge in [0, 0.05) is 25.4 Å². The molecule has 3 N–H and O–H groups in total. The number of benzene rings is 1. The number of ether oxygens (including phenoxy) is 3. The molecular weight excluding hydrogens is 334 g/mol. The molecule has 0 spiro atoms. The van der Waals surface area contributed by atoms with E-state index in [2.05, 4.69) is 16.9 Å². The first-order valence-corrected chi connectivity index (χ1v) is 8.09. The number of aromatic nitrogens is 1. The van der Waals surface area contributed by atoms with E-state index >= 15 is 0 Å². The third-order valence-corrected chi connectivity index (χ3v) is 3.42. The number of primary amides is 1. The molecule has 7 heteroatoms. The third-order valence-electron chi connectivity index (χ3n) is 3.42. The van der Waals surface area contributed by atoms with Gasteiger partial charge in [-0.1, -0.05) is 12.6 Å². The van der Waals surface area contributed by atoms with E-state index in [-0.39, 0.29) is 0 Å². The smallest absolute Gasteiger partial charge is 0.250 e. The lowest BCUT2D eigenvalue weighted by atomic mass is 10.2. The van der Waals surface area contributed by atoms with Gasteiger partial charge >= 0.3 is 0 Å². The summed E-state index contributed by atoms with van der Waals surface area (Å²) >= 11 is 0. The summed E-state index contributed by atoms with van der Waals surface area (Å²) in [5.74, 6) is 1.63. The Bertz CT molecular complexity index is 760. The maximum atomic E-state index is 11.1. The highest BCUT2D eigenvalue weighted by atomic mass is 16.5. The number of pyridine rings is 1. The first kappa shape index (κ1) is 19.3. The zero-order valence-electron chi connectivity index (χ0n) is 15.0. The second-order valence-corrected chi connectivity index (χ2v) is 5.56. The van der Waals surface area contributed by atoms with Gasteiger partial charge in [0.1, 0.15) is 6.61 Å². The highest BCUT2D eigenvalue weighted by Crippen LogP contribution is 2.31. The van der Waals surface area contributed by atoms with Crippen molar-refractivity contribution in [2.75, 3.05) is 20.3 Å². The SMILES string of the molecule is C=C(C)OCCNCc1ccc(Oc2ccc(C(N)=O)cn2)c(OC)c1. The molecule has 2 aromatic rings. The number of nitrogens with two attached hydrogens (primary N) is 1. The normalized spacial score (nSPS) is 10.2. The molecule has 0 fully saturated rings. The van der Waals surface area contributed by atoms with E-state index in [1.807, 2.05) is 25.1 Å². The van der Waals surface area contributed by atoms with Gasteiger partial charge in [0.2, 0.25) is 11.8 Å². The quantitative estimate of drug-likeness (QED) is 0.501. The van der Waals surface area contributed by atoms with E-state index in [0.29, 0.717) is 48.4 Å². The van der Waals surface area contributed by atoms with Crippen molar-refractivity contribution in [1.29, 1.82) is 0 Å². The summed E-state index contributed by atoms with van der Waals surface area (Å²) in [5.41, 5.74) is 6.56. The molecule has 2 rings (SSSR count). The molecule has 1 amide bonds. The van der Waals surface area contributed by atoms with Gasteiger partial charge in [0.15, 0.2) is 11.5 Å². The number of nitrogens with one attached hydrogen (secondary N) is 1. The largest absolute Gasteiger partial charge is 0.498 e. The maximum Gasteiger partial charge on any atom is 0.250 e. The van der Waals surface area contributed by atoms with Crippen LogP contribution in [0.5, 0.6) is 17.4 Å². The van der Waals surface area contributed by atoms with Crippen LogP contribution in [-0.4, -0.2) is 31.2 Å². The highest BCUT2D eigenvalue weighted by molar-refractivity contribution is 5.92. The summed E-state index contributed by atoms with van der Waals surface area (Å²) in [6, 6.07) is 8.77. The van der Waals surface area contributed by atoms with Gasteiger partial charge < -0.3 is 25.3 Å². The van der Waals surface area contributed by atoms with Crippen molar-refractivity contribution in [1.82, 2.24) is 10.3 Å². The van der Waals surface area contributed by atoms with E-state index in [0.717, 1.165) is 5.56 Å². The summed E-state index contributed by atoms with van der Waals surface area (Å²) in [7, 11) is 1.57. The van der Waals surface area contributed by atoms with Crippen LogP contribution >= 0.6 is 0 Å². The van der Waals surface area contributed by atoms with Crippen molar-refractivity contribution in [3.05, 3.63) is 60.0 Å². The van der Waals surface area contributed by atoms with E-state index in [4.69, 9.17) is 19.9 Å². The Hall–Kier alpha value is -3.06. The number of amides is 1. The second-order valence-electron chi connectivity index (χ2n) is 5.56. The summed E-state index contributed by atoms with van der Waals surface area (Å²) in [6.07, 6.45) is 1.37. The van der Waals surface area contributed by atoms with Crippen molar-refractivity contribution in [3.8, 4) is 17.4 Å². The summed E-state index contributed by atoms with van der Waals surface area (Å²) < 4.78 is 16.4. The van der Waals surface area contributed by atoms with Gasteiger partial charge in [-0.25, -0.2) is 4.98 Å². The standard InChI is InChI=1S/C19H23N3O4/c1-13(2)25-9-8-21-11-14-4-6-16(17(10-14)24-3)26-18-7-5-15(12-22-18)19(20)23/h4-7,10,12,21H,1,8-9,11H2,2-3H3,(H2,20,23). The van der Waals surface area contributed by atoms with Crippen molar-refractivity contribution in [2.45, 2.75) is 13.5 Å². The van der Waals surface area contributed by atoms with E-state index in [1.54, 1.807) is 19.2 Å². The molecular formula is C19H23N3O4. The molecule has 1 aromatic carbocycles. The highest BCUT2D eigenvalue weighted by Gasteiger charge is 2.09. The summed E-state index contributed by atoms with van der Waals surface area (Å²) in [6.45, 7) is 7.45. The minimum absolute atomic E-state index is 0.321. The van der Waals surface area contributed by atoms with E-state index in [9.17, 15) is 4.79 Å². The molecule has 1 heterocycles. The lowest BCUT2D eigenvalue weighted by molar-refractivity contribution is 0.1000. The van der Waals surface area contributed by atoms with Crippen molar-refractivity contribution in [2.24, 2.45) is 5.73 Å². The number of hydrogen-bond donors (Lipinski definition) is 2. The fraction of sp³-hybridized carbons (Fsp3) is 0.263. The first-order chi connectivity index (χ1) is 12.5. The minimum atomic E-state index is -0.535. The summed E-state index contributed by atoms with van der Waals surface area (Å²) in [4.78, 5) is 15.1. The Kier molecular flexibility index (Phi) is 6.99. The Morgan fingerprint density at radius 2 is 2.08 bits per heavy atom.